The number of nitrogens with one attached hydrogen (secondary N) is 1. The van der Waals surface area contributed by atoms with Crippen LogP contribution in [-0.2, 0) is 9.47 Å². The van der Waals surface area contributed by atoms with Crippen molar-refractivity contribution >= 4 is 11.7 Å². The van der Waals surface area contributed by atoms with E-state index < -0.39 is 5.79 Å². The molecule has 2 saturated heterocycles. The van der Waals surface area contributed by atoms with E-state index in [9.17, 15) is 4.79 Å². The van der Waals surface area contributed by atoms with Crippen LogP contribution in [0.3, 0.4) is 0 Å². The standard InChI is InChI=1S/C17H27N5O3/c1-13-19-14(16(23)18-6-9-21(2)3)12-15(20-13)22-7-4-17(5-8-22)24-10-11-25-17/h12H,4-11H2,1-3H3,(H,18,23). The van der Waals surface area contributed by atoms with Crippen molar-refractivity contribution in [3.8, 4) is 0 Å². The van der Waals surface area contributed by atoms with Gasteiger partial charge < -0.3 is 24.6 Å². The summed E-state index contributed by atoms with van der Waals surface area (Å²) < 4.78 is 11.5. The first-order chi connectivity index (χ1) is 12.0. The lowest BCUT2D eigenvalue weighted by Gasteiger charge is -2.38. The Balaban J connectivity index is 1.64. The molecule has 1 N–H and O–H groups in total. The van der Waals surface area contributed by atoms with Gasteiger partial charge in [0.15, 0.2) is 5.79 Å². The van der Waals surface area contributed by atoms with E-state index in [1.165, 1.54) is 0 Å². The van der Waals surface area contributed by atoms with Gasteiger partial charge in [-0.05, 0) is 21.0 Å². The van der Waals surface area contributed by atoms with Crippen molar-refractivity contribution < 1.29 is 14.3 Å². The number of carbonyl (C=O) groups excluding carboxylic acids is 1. The number of aromatic nitrogens is 2. The zero-order chi connectivity index (χ0) is 17.9. The summed E-state index contributed by atoms with van der Waals surface area (Å²) in [5.74, 6) is 0.817. The van der Waals surface area contributed by atoms with Gasteiger partial charge in [0.05, 0.1) is 13.2 Å². The smallest absolute Gasteiger partial charge is 0.270 e. The molecule has 2 aliphatic heterocycles. The first-order valence-electron chi connectivity index (χ1n) is 8.79. The van der Waals surface area contributed by atoms with Gasteiger partial charge in [0, 0.05) is 45.1 Å². The summed E-state index contributed by atoms with van der Waals surface area (Å²) in [7, 11) is 3.94. The minimum Gasteiger partial charge on any atom is -0.356 e. The molecular weight excluding hydrogens is 322 g/mol. The Morgan fingerprint density at radius 1 is 1.28 bits per heavy atom. The molecule has 0 aromatic carbocycles. The molecule has 138 valence electrons. The van der Waals surface area contributed by atoms with E-state index >= 15 is 0 Å². The second-order valence-corrected chi connectivity index (χ2v) is 6.81. The minimum atomic E-state index is -0.412. The fourth-order valence-corrected chi connectivity index (χ4v) is 3.18. The van der Waals surface area contributed by atoms with Gasteiger partial charge in [0.25, 0.3) is 5.91 Å². The molecule has 3 heterocycles. The number of hydrogen-bond acceptors (Lipinski definition) is 7. The van der Waals surface area contributed by atoms with E-state index in [0.29, 0.717) is 31.3 Å². The third-order valence-corrected chi connectivity index (χ3v) is 4.56. The van der Waals surface area contributed by atoms with E-state index in [4.69, 9.17) is 9.47 Å². The van der Waals surface area contributed by atoms with Crippen LogP contribution >= 0.6 is 0 Å². The normalized spacial score (nSPS) is 19.6. The lowest BCUT2D eigenvalue weighted by molar-refractivity contribution is -0.169. The average Bonchev–Trinajstić information content (AvgIpc) is 3.02. The van der Waals surface area contributed by atoms with Crippen LogP contribution < -0.4 is 10.2 Å². The van der Waals surface area contributed by atoms with Gasteiger partial charge in [0.2, 0.25) is 0 Å². The Bertz CT molecular complexity index is 606. The number of rotatable bonds is 5. The van der Waals surface area contributed by atoms with Crippen LogP contribution in [0, 0.1) is 6.92 Å². The van der Waals surface area contributed by atoms with Crippen LogP contribution in [0.25, 0.3) is 0 Å². The van der Waals surface area contributed by atoms with Gasteiger partial charge in [-0.3, -0.25) is 4.79 Å². The van der Waals surface area contributed by atoms with Crippen molar-refractivity contribution in [2.75, 3.05) is 58.4 Å². The zero-order valence-corrected chi connectivity index (χ0v) is 15.2. The molecule has 0 atom stereocenters. The maximum atomic E-state index is 12.3. The van der Waals surface area contributed by atoms with E-state index in [1.54, 1.807) is 6.07 Å². The van der Waals surface area contributed by atoms with Crippen molar-refractivity contribution in [2.45, 2.75) is 25.6 Å². The predicted octanol–water partition coefficient (Wildman–Crippen LogP) is 0.420. The van der Waals surface area contributed by atoms with Gasteiger partial charge in [0.1, 0.15) is 17.3 Å². The van der Waals surface area contributed by atoms with Crippen LogP contribution in [-0.4, -0.2) is 80.1 Å². The molecule has 0 unspecified atom stereocenters. The summed E-state index contributed by atoms with van der Waals surface area (Å²) in [5, 5.41) is 2.90. The van der Waals surface area contributed by atoms with Crippen LogP contribution in [0.5, 0.6) is 0 Å². The summed E-state index contributed by atoms with van der Waals surface area (Å²) in [6, 6.07) is 1.77. The van der Waals surface area contributed by atoms with Crippen molar-refractivity contribution in [1.82, 2.24) is 20.2 Å². The van der Waals surface area contributed by atoms with Gasteiger partial charge >= 0.3 is 0 Å². The largest absolute Gasteiger partial charge is 0.356 e. The summed E-state index contributed by atoms with van der Waals surface area (Å²) in [6.07, 6.45) is 1.61. The fraction of sp³-hybridized carbons (Fsp3) is 0.706. The SMILES string of the molecule is Cc1nc(C(=O)NCCN(C)C)cc(N2CCC3(CC2)OCCO3)n1. The number of piperidine rings is 1. The number of likely N-dealkylation sites (N-methyl/N-ethyl adjacent to an activating group) is 1. The monoisotopic (exact) mass is 349 g/mol. The number of hydrogen-bond donors (Lipinski definition) is 1. The highest BCUT2D eigenvalue weighted by molar-refractivity contribution is 5.92. The van der Waals surface area contributed by atoms with Crippen LogP contribution in [0.1, 0.15) is 29.2 Å². The number of amides is 1. The maximum absolute atomic E-state index is 12.3. The topological polar surface area (TPSA) is 79.8 Å². The van der Waals surface area contributed by atoms with Crippen LogP contribution in [0.15, 0.2) is 6.07 Å². The predicted molar refractivity (Wildman–Crippen MR) is 93.7 cm³/mol. The quantitative estimate of drug-likeness (QED) is 0.825. The summed E-state index contributed by atoms with van der Waals surface area (Å²) >= 11 is 0. The third kappa shape index (κ3) is 4.45. The molecule has 1 aromatic heterocycles. The maximum Gasteiger partial charge on any atom is 0.270 e. The number of ether oxygens (including phenoxy) is 2. The molecule has 1 aromatic rings. The molecule has 25 heavy (non-hydrogen) atoms. The Morgan fingerprint density at radius 3 is 2.60 bits per heavy atom. The molecule has 0 radical (unpaired) electrons. The molecule has 8 nitrogen and oxygen atoms in total. The van der Waals surface area contributed by atoms with E-state index in [2.05, 4.69) is 20.2 Å². The third-order valence-electron chi connectivity index (χ3n) is 4.56. The van der Waals surface area contributed by atoms with Crippen molar-refractivity contribution in [1.29, 1.82) is 0 Å². The molecule has 1 spiro atoms. The minimum absolute atomic E-state index is 0.162. The summed E-state index contributed by atoms with van der Waals surface area (Å²) in [5.41, 5.74) is 0.412. The highest BCUT2D eigenvalue weighted by atomic mass is 16.7. The molecule has 2 aliphatic rings. The van der Waals surface area contributed by atoms with Gasteiger partial charge in [-0.25, -0.2) is 9.97 Å². The molecule has 0 bridgehead atoms. The zero-order valence-electron chi connectivity index (χ0n) is 15.2. The fourth-order valence-electron chi connectivity index (χ4n) is 3.18. The highest BCUT2D eigenvalue weighted by Gasteiger charge is 2.40. The molecular formula is C17H27N5O3. The number of carbonyl (C=O) groups is 1. The first-order valence-corrected chi connectivity index (χ1v) is 8.79. The Labute approximate surface area is 148 Å². The molecule has 2 fully saturated rings. The van der Waals surface area contributed by atoms with E-state index in [-0.39, 0.29) is 5.91 Å². The Hall–Kier alpha value is -1.77. The van der Waals surface area contributed by atoms with Gasteiger partial charge in [-0.1, -0.05) is 0 Å². The lowest BCUT2D eigenvalue weighted by atomic mass is 10.0. The second-order valence-electron chi connectivity index (χ2n) is 6.81. The molecule has 3 rings (SSSR count). The number of aryl methyl sites for hydroxylation is 1. The van der Waals surface area contributed by atoms with Crippen molar-refractivity contribution in [3.05, 3.63) is 17.6 Å². The van der Waals surface area contributed by atoms with Crippen molar-refractivity contribution in [2.24, 2.45) is 0 Å². The Morgan fingerprint density at radius 2 is 1.96 bits per heavy atom. The highest BCUT2D eigenvalue weighted by Crippen LogP contribution is 2.32. The average molecular weight is 349 g/mol. The van der Waals surface area contributed by atoms with Crippen LogP contribution in [0.2, 0.25) is 0 Å². The summed E-state index contributed by atoms with van der Waals surface area (Å²) in [4.78, 5) is 25.3. The Kier molecular flexibility index (Phi) is 5.51. The van der Waals surface area contributed by atoms with Crippen LogP contribution in [0.4, 0.5) is 5.82 Å². The van der Waals surface area contributed by atoms with Crippen molar-refractivity contribution in [3.63, 3.8) is 0 Å². The van der Waals surface area contributed by atoms with Gasteiger partial charge in [-0.15, -0.1) is 0 Å². The molecule has 8 heteroatoms. The molecule has 0 saturated carbocycles. The number of nitrogens with zero attached hydrogens (tertiary/aromatic N) is 4. The molecule has 0 aliphatic carbocycles. The molecule has 1 amide bonds. The summed E-state index contributed by atoms with van der Waals surface area (Å²) in [6.45, 7) is 6.11. The second kappa shape index (κ2) is 7.63. The lowest BCUT2D eigenvalue weighted by Crippen LogP contribution is -2.45. The first kappa shape index (κ1) is 18.0. The number of anilines is 1. The van der Waals surface area contributed by atoms with Gasteiger partial charge in [-0.2, -0.15) is 0 Å². The van der Waals surface area contributed by atoms with E-state index in [1.807, 2.05) is 25.9 Å². The van der Waals surface area contributed by atoms with E-state index in [0.717, 1.165) is 38.3 Å².